The second kappa shape index (κ2) is 6.42. The number of pyridine rings is 1. The number of aromatic nitrogens is 3. The monoisotopic (exact) mass is 366 g/mol. The molecule has 2 saturated heterocycles. The largest absolute Gasteiger partial charge is 0.439 e. The number of ether oxygens (including phenoxy) is 1. The van der Waals surface area contributed by atoms with Crippen LogP contribution < -0.4 is 4.74 Å². The second-order valence-corrected chi connectivity index (χ2v) is 7.09. The zero-order chi connectivity index (χ0) is 18.3. The van der Waals surface area contributed by atoms with Gasteiger partial charge in [0.1, 0.15) is 17.1 Å². The fourth-order valence-electron chi connectivity index (χ4n) is 4.18. The summed E-state index contributed by atoms with van der Waals surface area (Å²) in [7, 11) is 0. The number of halogens is 1. The quantitative estimate of drug-likeness (QED) is 0.691. The third-order valence-electron chi connectivity index (χ3n) is 5.50. The molecule has 4 heterocycles. The van der Waals surface area contributed by atoms with Gasteiger partial charge in [0.25, 0.3) is 0 Å². The Labute approximate surface area is 156 Å². The molecule has 6 nitrogen and oxygen atoms in total. The lowest BCUT2D eigenvalue weighted by molar-refractivity contribution is 0.143. The summed E-state index contributed by atoms with van der Waals surface area (Å²) in [6, 6.07) is 9.40. The van der Waals surface area contributed by atoms with E-state index in [-0.39, 0.29) is 11.4 Å². The van der Waals surface area contributed by atoms with Gasteiger partial charge in [-0.3, -0.25) is 4.90 Å². The maximum atomic E-state index is 13.0. The molecule has 2 aliphatic heterocycles. The number of hydrogen-bond acceptors (Lipinski definition) is 6. The van der Waals surface area contributed by atoms with E-state index < -0.39 is 0 Å². The lowest BCUT2D eigenvalue weighted by atomic mass is 9.94. The van der Waals surface area contributed by atoms with Crippen molar-refractivity contribution in [3.63, 3.8) is 0 Å². The van der Waals surface area contributed by atoms with Crippen molar-refractivity contribution in [1.82, 2.24) is 20.0 Å². The van der Waals surface area contributed by atoms with Gasteiger partial charge in [-0.2, -0.15) is 4.98 Å². The van der Waals surface area contributed by atoms with Crippen molar-refractivity contribution >= 4 is 0 Å². The Balaban J connectivity index is 1.35. The van der Waals surface area contributed by atoms with Crippen molar-refractivity contribution in [2.24, 2.45) is 0 Å². The molecule has 0 unspecified atom stereocenters. The van der Waals surface area contributed by atoms with Crippen LogP contribution >= 0.6 is 0 Å². The van der Waals surface area contributed by atoms with Crippen molar-refractivity contribution in [1.29, 1.82) is 0 Å². The van der Waals surface area contributed by atoms with E-state index in [9.17, 15) is 4.39 Å². The van der Waals surface area contributed by atoms with Crippen LogP contribution in [0.2, 0.25) is 0 Å². The highest BCUT2D eigenvalue weighted by molar-refractivity contribution is 5.53. The SMILES string of the molecule is Fc1ccc(Oc2ccc(-c3noc(C45CCCN4CCC5)n3)cn2)cc1. The van der Waals surface area contributed by atoms with Crippen LogP contribution in [0.4, 0.5) is 4.39 Å². The Morgan fingerprint density at radius 3 is 2.52 bits per heavy atom. The molecule has 0 spiro atoms. The molecule has 0 radical (unpaired) electrons. The molecule has 27 heavy (non-hydrogen) atoms. The molecule has 1 aromatic carbocycles. The topological polar surface area (TPSA) is 64.3 Å². The third kappa shape index (κ3) is 2.88. The van der Waals surface area contributed by atoms with E-state index in [1.807, 2.05) is 6.07 Å². The Morgan fingerprint density at radius 1 is 1.04 bits per heavy atom. The highest BCUT2D eigenvalue weighted by Crippen LogP contribution is 2.46. The predicted molar refractivity (Wildman–Crippen MR) is 95.7 cm³/mol. The Bertz CT molecular complexity index is 929. The molecule has 2 aromatic heterocycles. The van der Waals surface area contributed by atoms with E-state index in [1.54, 1.807) is 24.4 Å². The average Bonchev–Trinajstić information content (AvgIpc) is 3.39. The van der Waals surface area contributed by atoms with Crippen molar-refractivity contribution < 1.29 is 13.7 Å². The molecule has 0 N–H and O–H groups in total. The normalized spacial score (nSPS) is 18.6. The van der Waals surface area contributed by atoms with Gasteiger partial charge < -0.3 is 9.26 Å². The van der Waals surface area contributed by atoms with Crippen molar-refractivity contribution in [2.45, 2.75) is 31.2 Å². The number of rotatable bonds is 4. The first kappa shape index (κ1) is 16.4. The smallest absolute Gasteiger partial charge is 0.247 e. The van der Waals surface area contributed by atoms with Crippen LogP contribution in [0.3, 0.4) is 0 Å². The Morgan fingerprint density at radius 2 is 1.81 bits per heavy atom. The van der Waals surface area contributed by atoms with Gasteiger partial charge in [-0.15, -0.1) is 0 Å². The van der Waals surface area contributed by atoms with Crippen LogP contribution in [0.25, 0.3) is 11.4 Å². The second-order valence-electron chi connectivity index (χ2n) is 7.09. The third-order valence-corrected chi connectivity index (χ3v) is 5.50. The van der Waals surface area contributed by atoms with E-state index in [4.69, 9.17) is 9.26 Å². The lowest BCUT2D eigenvalue weighted by Crippen LogP contribution is -2.35. The van der Waals surface area contributed by atoms with Gasteiger partial charge in [0.15, 0.2) is 0 Å². The van der Waals surface area contributed by atoms with Crippen LogP contribution in [-0.2, 0) is 5.54 Å². The van der Waals surface area contributed by atoms with E-state index in [0.29, 0.717) is 17.5 Å². The van der Waals surface area contributed by atoms with Gasteiger partial charge in [0.2, 0.25) is 17.6 Å². The van der Waals surface area contributed by atoms with E-state index in [1.165, 1.54) is 25.0 Å². The van der Waals surface area contributed by atoms with Gasteiger partial charge in [0.05, 0.1) is 0 Å². The van der Waals surface area contributed by atoms with Crippen LogP contribution in [0.5, 0.6) is 11.6 Å². The summed E-state index contributed by atoms with van der Waals surface area (Å²) < 4.78 is 24.2. The first-order valence-corrected chi connectivity index (χ1v) is 9.22. The number of hydrogen-bond donors (Lipinski definition) is 0. The summed E-state index contributed by atoms with van der Waals surface area (Å²) in [6.45, 7) is 2.21. The number of fused-ring (bicyclic) bond motifs is 1. The van der Waals surface area contributed by atoms with Crippen LogP contribution in [-0.4, -0.2) is 33.1 Å². The summed E-state index contributed by atoms with van der Waals surface area (Å²) in [5, 5.41) is 4.17. The van der Waals surface area contributed by atoms with Crippen molar-refractivity contribution in [2.75, 3.05) is 13.1 Å². The first-order chi connectivity index (χ1) is 13.2. The summed E-state index contributed by atoms with van der Waals surface area (Å²) in [5.74, 6) is 1.91. The fraction of sp³-hybridized carbons (Fsp3) is 0.350. The average molecular weight is 366 g/mol. The minimum Gasteiger partial charge on any atom is -0.439 e. The van der Waals surface area contributed by atoms with Crippen LogP contribution in [0, 0.1) is 5.82 Å². The summed E-state index contributed by atoms with van der Waals surface area (Å²) in [6.07, 6.45) is 6.17. The minimum absolute atomic E-state index is 0.0652. The lowest BCUT2D eigenvalue weighted by Gasteiger charge is -2.27. The molecule has 3 aromatic rings. The molecule has 0 saturated carbocycles. The molecule has 5 rings (SSSR count). The van der Waals surface area contributed by atoms with E-state index >= 15 is 0 Å². The molecule has 0 atom stereocenters. The molecular formula is C20H19FN4O2. The van der Waals surface area contributed by atoms with E-state index in [2.05, 4.69) is 20.0 Å². The molecule has 7 heteroatoms. The summed E-state index contributed by atoms with van der Waals surface area (Å²) in [4.78, 5) is 11.4. The molecule has 138 valence electrons. The Hall–Kier alpha value is -2.80. The predicted octanol–water partition coefficient (Wildman–Crippen LogP) is 4.15. The molecule has 0 bridgehead atoms. The van der Waals surface area contributed by atoms with Crippen LogP contribution in [0.15, 0.2) is 47.1 Å². The standard InChI is InChI=1S/C20H19FN4O2/c21-15-4-6-16(7-5-15)26-17-8-3-14(13-22-17)18-23-19(27-24-18)20-9-1-11-25(20)12-2-10-20/h3-8,13H,1-2,9-12H2. The molecule has 2 fully saturated rings. The van der Waals surface area contributed by atoms with Crippen molar-refractivity contribution in [3.05, 3.63) is 54.3 Å². The van der Waals surface area contributed by atoms with Gasteiger partial charge in [-0.1, -0.05) is 5.16 Å². The fourth-order valence-corrected chi connectivity index (χ4v) is 4.18. The van der Waals surface area contributed by atoms with E-state index in [0.717, 1.165) is 37.4 Å². The van der Waals surface area contributed by atoms with Gasteiger partial charge in [0, 0.05) is 17.8 Å². The van der Waals surface area contributed by atoms with Crippen molar-refractivity contribution in [3.8, 4) is 23.0 Å². The highest BCUT2D eigenvalue weighted by atomic mass is 19.1. The summed E-state index contributed by atoms with van der Waals surface area (Å²) in [5.41, 5.74) is 0.708. The Kier molecular flexibility index (Phi) is 3.89. The number of benzene rings is 1. The molecule has 0 amide bonds. The maximum absolute atomic E-state index is 13.0. The highest BCUT2D eigenvalue weighted by Gasteiger charge is 2.49. The maximum Gasteiger partial charge on any atom is 0.247 e. The number of nitrogens with zero attached hydrogens (tertiary/aromatic N) is 4. The first-order valence-electron chi connectivity index (χ1n) is 9.22. The molecular weight excluding hydrogens is 347 g/mol. The van der Waals surface area contributed by atoms with Crippen LogP contribution in [0.1, 0.15) is 31.6 Å². The molecule has 0 aliphatic carbocycles. The zero-order valence-corrected chi connectivity index (χ0v) is 14.8. The van der Waals surface area contributed by atoms with Gasteiger partial charge >= 0.3 is 0 Å². The molecule has 2 aliphatic rings. The van der Waals surface area contributed by atoms with Gasteiger partial charge in [-0.05, 0) is 69.1 Å². The minimum atomic E-state index is -0.305. The zero-order valence-electron chi connectivity index (χ0n) is 14.8. The van der Waals surface area contributed by atoms with Gasteiger partial charge in [-0.25, -0.2) is 9.37 Å². The summed E-state index contributed by atoms with van der Waals surface area (Å²) >= 11 is 0.